The minimum absolute atomic E-state index is 0.167. The Morgan fingerprint density at radius 1 is 1.18 bits per heavy atom. The van der Waals surface area contributed by atoms with E-state index in [0.717, 1.165) is 5.56 Å². The molecule has 2 aromatic heterocycles. The van der Waals surface area contributed by atoms with Gasteiger partial charge in [0.05, 0.1) is 17.6 Å². The number of carboxylic acids is 1. The van der Waals surface area contributed by atoms with Gasteiger partial charge in [0.1, 0.15) is 17.8 Å². The Bertz CT molecular complexity index is 1020. The van der Waals surface area contributed by atoms with Gasteiger partial charge in [-0.25, -0.2) is 9.97 Å². The van der Waals surface area contributed by atoms with E-state index in [1.165, 1.54) is 10.9 Å². The molecule has 0 bridgehead atoms. The predicted molar refractivity (Wildman–Crippen MR) is 101 cm³/mol. The minimum Gasteiger partial charge on any atom is -0.508 e. The molecule has 3 aromatic rings. The molecule has 1 aliphatic rings. The summed E-state index contributed by atoms with van der Waals surface area (Å²) in [7, 11) is 0. The van der Waals surface area contributed by atoms with Gasteiger partial charge in [-0.3, -0.25) is 4.79 Å². The van der Waals surface area contributed by atoms with Crippen molar-refractivity contribution in [3.05, 3.63) is 41.9 Å². The molecule has 0 atom stereocenters. The Morgan fingerprint density at radius 2 is 1.86 bits per heavy atom. The molecule has 0 radical (unpaired) electrons. The van der Waals surface area contributed by atoms with Crippen LogP contribution in [0.25, 0.3) is 11.2 Å². The van der Waals surface area contributed by atoms with Crippen LogP contribution >= 0.6 is 0 Å². The molecule has 0 unspecified atom stereocenters. The van der Waals surface area contributed by atoms with Gasteiger partial charge in [-0.1, -0.05) is 12.1 Å². The molecule has 4 rings (SSSR count). The summed E-state index contributed by atoms with van der Waals surface area (Å²) < 4.78 is 1.49. The number of phenols is 1. The van der Waals surface area contributed by atoms with Crippen molar-refractivity contribution in [2.24, 2.45) is 0 Å². The summed E-state index contributed by atoms with van der Waals surface area (Å²) in [6.07, 6.45) is 2.45. The van der Waals surface area contributed by atoms with Crippen LogP contribution in [0, 0.1) is 6.92 Å². The molecule has 3 N–H and O–H groups in total. The van der Waals surface area contributed by atoms with Crippen LogP contribution in [0.15, 0.2) is 30.6 Å². The number of rotatable bonds is 4. The second-order valence-corrected chi connectivity index (χ2v) is 7.11. The lowest BCUT2D eigenvalue weighted by Gasteiger charge is -2.38. The van der Waals surface area contributed by atoms with Crippen molar-refractivity contribution in [1.29, 1.82) is 0 Å². The van der Waals surface area contributed by atoms with Gasteiger partial charge in [0.2, 0.25) is 5.95 Å². The fraction of sp³-hybridized carbons (Fsp3) is 0.368. The molecule has 9 nitrogen and oxygen atoms in total. The van der Waals surface area contributed by atoms with Gasteiger partial charge >= 0.3 is 5.97 Å². The summed E-state index contributed by atoms with van der Waals surface area (Å²) in [5.41, 5.74) is 1.57. The third-order valence-corrected chi connectivity index (χ3v) is 5.21. The van der Waals surface area contributed by atoms with E-state index >= 15 is 0 Å². The predicted octanol–water partition coefficient (Wildman–Crippen LogP) is 1.41. The number of carbonyl (C=O) groups is 1. The number of fused-ring (bicyclic) bond motifs is 1. The van der Waals surface area contributed by atoms with E-state index in [-0.39, 0.29) is 12.3 Å². The van der Waals surface area contributed by atoms with Crippen LogP contribution < -0.4 is 4.90 Å². The first kappa shape index (κ1) is 18.2. The summed E-state index contributed by atoms with van der Waals surface area (Å²) in [6.45, 7) is 2.71. The summed E-state index contributed by atoms with van der Waals surface area (Å²) in [5, 5.41) is 29.5. The van der Waals surface area contributed by atoms with Crippen molar-refractivity contribution < 1.29 is 20.1 Å². The number of anilines is 1. The zero-order valence-corrected chi connectivity index (χ0v) is 15.4. The van der Waals surface area contributed by atoms with Crippen molar-refractivity contribution >= 4 is 23.1 Å². The van der Waals surface area contributed by atoms with Crippen LogP contribution in [0.4, 0.5) is 5.95 Å². The number of aryl methyl sites for hydroxylation is 1. The van der Waals surface area contributed by atoms with Crippen molar-refractivity contribution in [3.63, 3.8) is 0 Å². The number of carboxylic acid groups (broad SMARTS) is 1. The number of aromatic hydroxyl groups is 1. The first-order valence-electron chi connectivity index (χ1n) is 9.04. The molecule has 1 saturated heterocycles. The van der Waals surface area contributed by atoms with Crippen molar-refractivity contribution in [1.82, 2.24) is 19.5 Å². The number of hydrogen-bond donors (Lipinski definition) is 3. The summed E-state index contributed by atoms with van der Waals surface area (Å²) in [4.78, 5) is 26.3. The van der Waals surface area contributed by atoms with E-state index in [1.807, 2.05) is 11.8 Å². The maximum atomic E-state index is 11.1. The van der Waals surface area contributed by atoms with Crippen molar-refractivity contribution in [3.8, 4) is 5.75 Å². The molecular formula is C19H21N5O4. The van der Waals surface area contributed by atoms with Crippen LogP contribution in [0.2, 0.25) is 0 Å². The van der Waals surface area contributed by atoms with E-state index in [0.29, 0.717) is 48.7 Å². The molecule has 0 amide bonds. The fourth-order valence-corrected chi connectivity index (χ4v) is 3.61. The van der Waals surface area contributed by atoms with Gasteiger partial charge in [-0.2, -0.15) is 4.98 Å². The molecule has 9 heteroatoms. The second-order valence-electron chi connectivity index (χ2n) is 7.11. The van der Waals surface area contributed by atoms with Gasteiger partial charge in [0.15, 0.2) is 5.65 Å². The topological polar surface area (TPSA) is 125 Å². The number of imidazole rings is 1. The number of aliphatic carboxylic acids is 1. The zero-order valence-electron chi connectivity index (χ0n) is 15.4. The molecule has 1 fully saturated rings. The lowest BCUT2D eigenvalue weighted by atomic mass is 9.84. The molecule has 0 aliphatic carbocycles. The minimum atomic E-state index is -0.964. The lowest BCUT2D eigenvalue weighted by molar-refractivity contribution is -0.137. The summed E-state index contributed by atoms with van der Waals surface area (Å²) in [5.74, 6) is -0.293. The van der Waals surface area contributed by atoms with Gasteiger partial charge in [-0.05, 0) is 37.5 Å². The maximum Gasteiger partial charge on any atom is 0.323 e. The van der Waals surface area contributed by atoms with E-state index < -0.39 is 11.6 Å². The quantitative estimate of drug-likeness (QED) is 0.618. The third kappa shape index (κ3) is 3.24. The Labute approximate surface area is 160 Å². The Kier molecular flexibility index (Phi) is 4.38. The van der Waals surface area contributed by atoms with Crippen LogP contribution in [-0.4, -0.2) is 53.9 Å². The van der Waals surface area contributed by atoms with Gasteiger partial charge in [-0.15, -0.1) is 0 Å². The first-order chi connectivity index (χ1) is 13.4. The highest BCUT2D eigenvalue weighted by molar-refractivity contribution is 5.77. The maximum absolute atomic E-state index is 11.1. The third-order valence-electron chi connectivity index (χ3n) is 5.21. The smallest absolute Gasteiger partial charge is 0.323 e. The highest BCUT2D eigenvalue weighted by Gasteiger charge is 2.35. The average Bonchev–Trinajstić information content (AvgIpc) is 3.05. The summed E-state index contributed by atoms with van der Waals surface area (Å²) in [6, 6.07) is 6.62. The summed E-state index contributed by atoms with van der Waals surface area (Å²) >= 11 is 0. The Hall–Kier alpha value is -3.20. The van der Waals surface area contributed by atoms with Crippen LogP contribution in [0.5, 0.6) is 5.75 Å². The molecule has 28 heavy (non-hydrogen) atoms. The lowest BCUT2D eigenvalue weighted by Crippen LogP contribution is -2.43. The van der Waals surface area contributed by atoms with Crippen LogP contribution in [0.1, 0.15) is 24.1 Å². The van der Waals surface area contributed by atoms with E-state index in [2.05, 4.69) is 15.0 Å². The monoisotopic (exact) mass is 383 g/mol. The van der Waals surface area contributed by atoms with Crippen molar-refractivity contribution in [2.45, 2.75) is 31.9 Å². The second kappa shape index (κ2) is 6.75. The molecule has 1 aromatic carbocycles. The molecule has 3 heterocycles. The number of piperidine rings is 1. The molecule has 0 spiro atoms. The number of hydrogen-bond acceptors (Lipinski definition) is 7. The molecule has 0 saturated carbocycles. The Morgan fingerprint density at radius 3 is 2.50 bits per heavy atom. The molecule has 146 valence electrons. The van der Waals surface area contributed by atoms with Gasteiger partial charge in [0.25, 0.3) is 0 Å². The number of aromatic nitrogens is 4. The highest BCUT2D eigenvalue weighted by atomic mass is 16.4. The molecular weight excluding hydrogens is 362 g/mol. The van der Waals surface area contributed by atoms with E-state index in [9.17, 15) is 15.0 Å². The zero-order chi connectivity index (χ0) is 19.9. The normalized spacial score (nSPS) is 16.4. The van der Waals surface area contributed by atoms with Crippen molar-refractivity contribution in [2.75, 3.05) is 18.0 Å². The van der Waals surface area contributed by atoms with Gasteiger partial charge in [0, 0.05) is 13.1 Å². The number of aliphatic hydroxyl groups is 1. The standard InChI is InChI=1S/C19H21N5O4/c1-12-16-17(24(11-20-16)10-15(26)27)22-18(21-12)23-8-6-19(28,7-9-23)13-2-4-14(25)5-3-13/h2-5,11,25,28H,6-10H2,1H3,(H,26,27). The number of phenolic OH excluding ortho intramolecular Hbond substituents is 1. The average molecular weight is 383 g/mol. The van der Waals surface area contributed by atoms with Crippen LogP contribution in [-0.2, 0) is 16.9 Å². The van der Waals surface area contributed by atoms with Crippen LogP contribution in [0.3, 0.4) is 0 Å². The number of nitrogens with zero attached hydrogens (tertiary/aromatic N) is 5. The molecule has 1 aliphatic heterocycles. The SMILES string of the molecule is Cc1nc(N2CCC(O)(c3ccc(O)cc3)CC2)nc2c1ncn2CC(=O)O. The van der Waals surface area contributed by atoms with E-state index in [1.54, 1.807) is 24.3 Å². The van der Waals surface area contributed by atoms with E-state index in [4.69, 9.17) is 5.11 Å². The largest absolute Gasteiger partial charge is 0.508 e. The highest BCUT2D eigenvalue weighted by Crippen LogP contribution is 2.34. The fourth-order valence-electron chi connectivity index (χ4n) is 3.61. The first-order valence-corrected chi connectivity index (χ1v) is 9.04. The van der Waals surface area contributed by atoms with Gasteiger partial charge < -0.3 is 24.8 Å². The number of benzene rings is 1. The Balaban J connectivity index is 1.58.